The van der Waals surface area contributed by atoms with Gasteiger partial charge in [0.25, 0.3) is 0 Å². The fourth-order valence-electron chi connectivity index (χ4n) is 2.91. The van der Waals surface area contributed by atoms with E-state index in [1.54, 1.807) is 36.5 Å². The van der Waals surface area contributed by atoms with Gasteiger partial charge in [0.1, 0.15) is 11.8 Å². The second kappa shape index (κ2) is 8.53. The first kappa shape index (κ1) is 19.5. The zero-order valence-corrected chi connectivity index (χ0v) is 15.9. The Morgan fingerprint density at radius 1 is 1.20 bits per heavy atom. The normalized spacial score (nSPS) is 17.4. The number of carbonyl (C=O) groups excluding carboxylic acids is 1. The van der Waals surface area contributed by atoms with Crippen molar-refractivity contribution in [1.29, 1.82) is 0 Å². The molecular formula is C17H27N3O4S. The Morgan fingerprint density at radius 3 is 2.40 bits per heavy atom. The molecule has 1 aliphatic rings. The van der Waals surface area contributed by atoms with Crippen molar-refractivity contribution in [3.8, 4) is 5.75 Å². The summed E-state index contributed by atoms with van der Waals surface area (Å²) in [4.78, 5) is 12.0. The van der Waals surface area contributed by atoms with Crippen LogP contribution in [0.25, 0.3) is 0 Å². The topological polar surface area (TPSA) is 87.7 Å². The predicted octanol–water partition coefficient (Wildman–Crippen LogP) is 1.81. The van der Waals surface area contributed by atoms with Gasteiger partial charge in [0.15, 0.2) is 0 Å². The van der Waals surface area contributed by atoms with Gasteiger partial charge in [-0.2, -0.15) is 4.31 Å². The minimum Gasteiger partial charge on any atom is -0.495 e. The Balaban J connectivity index is 2.32. The third-order valence-corrected chi connectivity index (χ3v) is 6.28. The van der Waals surface area contributed by atoms with E-state index in [-0.39, 0.29) is 10.8 Å². The molecule has 0 saturated carbocycles. The summed E-state index contributed by atoms with van der Waals surface area (Å²) < 4.78 is 32.7. The van der Waals surface area contributed by atoms with Crippen LogP contribution in [-0.4, -0.2) is 51.9 Å². The molecule has 8 heteroatoms. The molecule has 1 aliphatic heterocycles. The SMILES string of the molecule is CNC(=O)C(C)Nc1cc(S(=O)(=O)N2CCCCCC2)ccc1OC. The second-order valence-corrected chi connectivity index (χ2v) is 8.10. The highest BCUT2D eigenvalue weighted by Crippen LogP contribution is 2.30. The molecule has 1 atom stereocenters. The zero-order chi connectivity index (χ0) is 18.4. The van der Waals surface area contributed by atoms with Gasteiger partial charge in [-0.25, -0.2) is 8.42 Å². The largest absolute Gasteiger partial charge is 0.495 e. The predicted molar refractivity (Wildman–Crippen MR) is 97.4 cm³/mol. The molecule has 0 bridgehead atoms. The molecule has 1 saturated heterocycles. The number of likely N-dealkylation sites (N-methyl/N-ethyl adjacent to an activating group) is 1. The van der Waals surface area contributed by atoms with Gasteiger partial charge in [-0.05, 0) is 38.0 Å². The molecule has 1 unspecified atom stereocenters. The standard InChI is InChI=1S/C17H27N3O4S/c1-13(17(21)18-2)19-15-12-14(8-9-16(15)24-3)25(22,23)20-10-6-4-5-7-11-20/h8-9,12-13,19H,4-7,10-11H2,1-3H3,(H,18,21). The number of hydrogen-bond donors (Lipinski definition) is 2. The van der Waals surface area contributed by atoms with Crippen molar-refractivity contribution in [2.45, 2.75) is 43.5 Å². The maximum atomic E-state index is 12.9. The summed E-state index contributed by atoms with van der Waals surface area (Å²) in [6, 6.07) is 4.19. The Hall–Kier alpha value is -1.80. The van der Waals surface area contributed by atoms with Crippen LogP contribution in [0.3, 0.4) is 0 Å². The first-order valence-electron chi connectivity index (χ1n) is 8.56. The summed E-state index contributed by atoms with van der Waals surface area (Å²) in [5, 5.41) is 5.58. The van der Waals surface area contributed by atoms with Crippen molar-refractivity contribution in [2.75, 3.05) is 32.6 Å². The molecule has 0 spiro atoms. The van der Waals surface area contributed by atoms with E-state index in [1.165, 1.54) is 7.11 Å². The third kappa shape index (κ3) is 4.64. The average Bonchev–Trinajstić information content (AvgIpc) is 2.90. The molecule has 0 radical (unpaired) electrons. The van der Waals surface area contributed by atoms with E-state index in [0.29, 0.717) is 24.5 Å². The number of amides is 1. The number of hydrogen-bond acceptors (Lipinski definition) is 5. The van der Waals surface area contributed by atoms with Gasteiger partial charge in [-0.1, -0.05) is 12.8 Å². The molecule has 1 fully saturated rings. The molecular weight excluding hydrogens is 342 g/mol. The number of nitrogens with one attached hydrogen (secondary N) is 2. The van der Waals surface area contributed by atoms with Crippen LogP contribution in [0, 0.1) is 0 Å². The molecule has 1 aromatic rings. The maximum Gasteiger partial charge on any atom is 0.243 e. The van der Waals surface area contributed by atoms with Crippen molar-refractivity contribution in [2.24, 2.45) is 0 Å². The van der Waals surface area contributed by atoms with E-state index >= 15 is 0 Å². The summed E-state index contributed by atoms with van der Waals surface area (Å²) in [7, 11) is -0.496. The molecule has 1 amide bonds. The highest BCUT2D eigenvalue weighted by atomic mass is 32.2. The lowest BCUT2D eigenvalue weighted by atomic mass is 10.2. The summed E-state index contributed by atoms with van der Waals surface area (Å²) in [6.07, 6.45) is 3.89. The van der Waals surface area contributed by atoms with Crippen molar-refractivity contribution < 1.29 is 17.9 Å². The van der Waals surface area contributed by atoms with Gasteiger partial charge in [0, 0.05) is 20.1 Å². The van der Waals surface area contributed by atoms with Crippen LogP contribution in [-0.2, 0) is 14.8 Å². The van der Waals surface area contributed by atoms with Crippen LogP contribution in [0.15, 0.2) is 23.1 Å². The average molecular weight is 369 g/mol. The van der Waals surface area contributed by atoms with E-state index in [2.05, 4.69) is 10.6 Å². The fraction of sp³-hybridized carbons (Fsp3) is 0.588. The molecule has 1 heterocycles. The number of carbonyl (C=O) groups is 1. The van der Waals surface area contributed by atoms with Crippen LogP contribution >= 0.6 is 0 Å². The highest BCUT2D eigenvalue weighted by Gasteiger charge is 2.26. The Labute approximate surface area is 149 Å². The van der Waals surface area contributed by atoms with Crippen LogP contribution in [0.2, 0.25) is 0 Å². The van der Waals surface area contributed by atoms with E-state index < -0.39 is 16.1 Å². The Kier molecular flexibility index (Phi) is 6.66. The molecule has 2 rings (SSSR count). The highest BCUT2D eigenvalue weighted by molar-refractivity contribution is 7.89. The van der Waals surface area contributed by atoms with Gasteiger partial charge in [0.2, 0.25) is 15.9 Å². The number of anilines is 1. The fourth-order valence-corrected chi connectivity index (χ4v) is 4.45. The van der Waals surface area contributed by atoms with Crippen molar-refractivity contribution in [3.05, 3.63) is 18.2 Å². The monoisotopic (exact) mass is 369 g/mol. The molecule has 0 aromatic heterocycles. The van der Waals surface area contributed by atoms with Gasteiger partial charge in [-0.15, -0.1) is 0 Å². The number of benzene rings is 1. The van der Waals surface area contributed by atoms with Crippen molar-refractivity contribution in [3.63, 3.8) is 0 Å². The first-order valence-corrected chi connectivity index (χ1v) is 10.0. The summed E-state index contributed by atoms with van der Waals surface area (Å²) in [5.41, 5.74) is 0.481. The summed E-state index contributed by atoms with van der Waals surface area (Å²) >= 11 is 0. The van der Waals surface area contributed by atoms with Crippen LogP contribution in [0.4, 0.5) is 5.69 Å². The Bertz CT molecular complexity index is 698. The van der Waals surface area contributed by atoms with Crippen molar-refractivity contribution in [1.82, 2.24) is 9.62 Å². The molecule has 25 heavy (non-hydrogen) atoms. The molecule has 7 nitrogen and oxygen atoms in total. The first-order chi connectivity index (χ1) is 11.9. The van der Waals surface area contributed by atoms with Gasteiger partial charge < -0.3 is 15.4 Å². The molecule has 1 aromatic carbocycles. The smallest absolute Gasteiger partial charge is 0.243 e. The maximum absolute atomic E-state index is 12.9. The van der Waals surface area contributed by atoms with Crippen LogP contribution < -0.4 is 15.4 Å². The number of rotatable bonds is 6. The summed E-state index contributed by atoms with van der Waals surface area (Å²) in [6.45, 7) is 2.80. The Morgan fingerprint density at radius 2 is 1.84 bits per heavy atom. The van der Waals surface area contributed by atoms with E-state index in [1.807, 2.05) is 0 Å². The molecule has 140 valence electrons. The zero-order valence-electron chi connectivity index (χ0n) is 15.0. The van der Waals surface area contributed by atoms with E-state index in [9.17, 15) is 13.2 Å². The number of sulfonamides is 1. The lowest BCUT2D eigenvalue weighted by Gasteiger charge is -2.22. The quantitative estimate of drug-likeness (QED) is 0.798. The third-order valence-electron chi connectivity index (χ3n) is 4.39. The van der Waals surface area contributed by atoms with Gasteiger partial charge in [0.05, 0.1) is 17.7 Å². The lowest BCUT2D eigenvalue weighted by Crippen LogP contribution is -2.35. The van der Waals surface area contributed by atoms with E-state index in [4.69, 9.17) is 4.74 Å². The van der Waals surface area contributed by atoms with Gasteiger partial charge >= 0.3 is 0 Å². The number of methoxy groups -OCH3 is 1. The van der Waals surface area contributed by atoms with Gasteiger partial charge in [-0.3, -0.25) is 4.79 Å². The van der Waals surface area contributed by atoms with Crippen LogP contribution in [0.5, 0.6) is 5.75 Å². The minimum absolute atomic E-state index is 0.192. The molecule has 2 N–H and O–H groups in total. The van der Waals surface area contributed by atoms with Crippen molar-refractivity contribution >= 4 is 21.6 Å². The number of nitrogens with zero attached hydrogens (tertiary/aromatic N) is 1. The van der Waals surface area contributed by atoms with E-state index in [0.717, 1.165) is 25.7 Å². The minimum atomic E-state index is -3.56. The second-order valence-electron chi connectivity index (χ2n) is 6.16. The summed E-state index contributed by atoms with van der Waals surface area (Å²) in [5.74, 6) is 0.299. The molecule has 0 aliphatic carbocycles. The van der Waals surface area contributed by atoms with Crippen LogP contribution in [0.1, 0.15) is 32.6 Å². The number of ether oxygens (including phenoxy) is 1. The lowest BCUT2D eigenvalue weighted by molar-refractivity contribution is -0.121.